The number of thiophene rings is 1. The zero-order valence-electron chi connectivity index (χ0n) is 12.0. The van der Waals surface area contributed by atoms with Crippen molar-refractivity contribution in [2.24, 2.45) is 11.3 Å². The number of carbonyl (C=O) groups excluding carboxylic acids is 1. The highest BCUT2D eigenvalue weighted by Gasteiger charge is 2.32. The van der Waals surface area contributed by atoms with Crippen molar-refractivity contribution in [3.8, 4) is 6.07 Å². The van der Waals surface area contributed by atoms with Gasteiger partial charge in [0.05, 0.1) is 5.56 Å². The first-order valence-corrected chi connectivity index (χ1v) is 7.46. The molecule has 4 heteroatoms. The summed E-state index contributed by atoms with van der Waals surface area (Å²) in [5.74, 6) is 0.540. The van der Waals surface area contributed by atoms with Crippen LogP contribution >= 0.6 is 11.3 Å². The molecule has 0 aliphatic heterocycles. The first kappa shape index (κ1) is 14.1. The van der Waals surface area contributed by atoms with E-state index in [-0.39, 0.29) is 5.91 Å². The van der Waals surface area contributed by atoms with Gasteiger partial charge in [0.2, 0.25) is 5.91 Å². The summed E-state index contributed by atoms with van der Waals surface area (Å²) in [6, 6.07) is 2.26. The average molecular weight is 276 g/mol. The Morgan fingerprint density at radius 1 is 1.47 bits per heavy atom. The second-order valence-corrected chi connectivity index (χ2v) is 7.41. The van der Waals surface area contributed by atoms with E-state index < -0.39 is 0 Å². The minimum atomic E-state index is -0.109. The van der Waals surface area contributed by atoms with E-state index >= 15 is 0 Å². The number of hydrogen-bond donors (Lipinski definition) is 1. The van der Waals surface area contributed by atoms with Crippen LogP contribution in [-0.4, -0.2) is 5.91 Å². The number of carbonyl (C=O) groups is 1. The lowest BCUT2D eigenvalue weighted by Crippen LogP contribution is -2.26. The lowest BCUT2D eigenvalue weighted by atomic mass is 9.72. The van der Waals surface area contributed by atoms with Crippen molar-refractivity contribution in [3.05, 3.63) is 16.0 Å². The van der Waals surface area contributed by atoms with E-state index in [2.05, 4.69) is 32.2 Å². The Bertz CT molecular complexity index is 546. The van der Waals surface area contributed by atoms with E-state index in [1.165, 1.54) is 11.8 Å². The van der Waals surface area contributed by atoms with Gasteiger partial charge in [-0.2, -0.15) is 5.26 Å². The molecule has 2 rings (SSSR count). The summed E-state index contributed by atoms with van der Waals surface area (Å²) in [6.07, 6.45) is 3.11. The number of amides is 1. The van der Waals surface area contributed by atoms with Gasteiger partial charge in [-0.05, 0) is 36.2 Å². The summed E-state index contributed by atoms with van der Waals surface area (Å²) >= 11 is 1.58. The summed E-state index contributed by atoms with van der Waals surface area (Å²) in [6.45, 7) is 8.31. The molecule has 1 N–H and O–H groups in total. The Morgan fingerprint density at radius 3 is 2.68 bits per heavy atom. The molecule has 0 bridgehead atoms. The van der Waals surface area contributed by atoms with Crippen molar-refractivity contribution in [1.29, 1.82) is 5.26 Å². The second-order valence-electron chi connectivity index (χ2n) is 6.31. The second kappa shape index (κ2) is 4.97. The lowest BCUT2D eigenvalue weighted by molar-refractivity contribution is -0.114. The van der Waals surface area contributed by atoms with Gasteiger partial charge in [-0.1, -0.05) is 20.8 Å². The fourth-order valence-electron chi connectivity index (χ4n) is 2.69. The van der Waals surface area contributed by atoms with E-state index in [4.69, 9.17) is 0 Å². The largest absolute Gasteiger partial charge is 0.317 e. The molecule has 0 spiro atoms. The average Bonchev–Trinajstić information content (AvgIpc) is 2.62. The molecule has 19 heavy (non-hydrogen) atoms. The molecule has 3 nitrogen and oxygen atoms in total. The number of fused-ring (bicyclic) bond motifs is 1. The molecule has 1 atom stereocenters. The first-order chi connectivity index (χ1) is 8.82. The maximum Gasteiger partial charge on any atom is 0.221 e. The van der Waals surface area contributed by atoms with Crippen LogP contribution in [0, 0.1) is 22.7 Å². The van der Waals surface area contributed by atoms with E-state index in [0.29, 0.717) is 16.9 Å². The Morgan fingerprint density at radius 2 is 2.16 bits per heavy atom. The van der Waals surface area contributed by atoms with Crippen LogP contribution in [0.3, 0.4) is 0 Å². The van der Waals surface area contributed by atoms with Crippen LogP contribution in [0.5, 0.6) is 0 Å². The highest BCUT2D eigenvalue weighted by Crippen LogP contribution is 2.43. The van der Waals surface area contributed by atoms with Gasteiger partial charge in [0.25, 0.3) is 0 Å². The normalized spacial score (nSPS) is 18.6. The Hall–Kier alpha value is -1.34. The van der Waals surface area contributed by atoms with Gasteiger partial charge >= 0.3 is 0 Å². The fourth-order valence-corrected chi connectivity index (χ4v) is 4.02. The van der Waals surface area contributed by atoms with E-state index in [0.717, 1.165) is 29.8 Å². The maximum atomic E-state index is 11.2. The number of anilines is 1. The molecule has 1 amide bonds. The minimum absolute atomic E-state index is 0.109. The first-order valence-electron chi connectivity index (χ1n) is 6.65. The summed E-state index contributed by atoms with van der Waals surface area (Å²) in [5, 5.41) is 12.8. The van der Waals surface area contributed by atoms with E-state index in [1.807, 2.05) is 0 Å². The Kier molecular flexibility index (Phi) is 3.69. The van der Waals surface area contributed by atoms with E-state index in [9.17, 15) is 10.1 Å². The molecular weight excluding hydrogens is 256 g/mol. The molecule has 0 saturated carbocycles. The Labute approximate surface area is 118 Å². The number of rotatable bonds is 1. The van der Waals surface area contributed by atoms with Crippen molar-refractivity contribution < 1.29 is 4.79 Å². The zero-order valence-corrected chi connectivity index (χ0v) is 12.8. The van der Waals surface area contributed by atoms with Crippen LogP contribution in [0.15, 0.2) is 0 Å². The standard InChI is InChI=1S/C15H20N2OS/c1-9(18)17-14-12(8-16)11-6-5-10(15(2,3)4)7-13(11)19-14/h10H,5-7H2,1-4H3,(H,17,18). The molecule has 1 aromatic rings. The van der Waals surface area contributed by atoms with Crippen molar-refractivity contribution in [1.82, 2.24) is 0 Å². The van der Waals surface area contributed by atoms with Gasteiger partial charge in [-0.15, -0.1) is 11.3 Å². The minimum Gasteiger partial charge on any atom is -0.317 e. The molecular formula is C15H20N2OS. The fraction of sp³-hybridized carbons (Fsp3) is 0.600. The van der Waals surface area contributed by atoms with Gasteiger partial charge < -0.3 is 5.32 Å². The van der Waals surface area contributed by atoms with Crippen LogP contribution in [-0.2, 0) is 17.6 Å². The van der Waals surface area contributed by atoms with Crippen LogP contribution in [0.2, 0.25) is 0 Å². The van der Waals surface area contributed by atoms with Crippen molar-refractivity contribution >= 4 is 22.2 Å². The lowest BCUT2D eigenvalue weighted by Gasteiger charge is -2.33. The van der Waals surface area contributed by atoms with Gasteiger partial charge in [0.1, 0.15) is 11.1 Å². The van der Waals surface area contributed by atoms with Crippen LogP contribution in [0.25, 0.3) is 0 Å². The van der Waals surface area contributed by atoms with Crippen LogP contribution < -0.4 is 5.32 Å². The van der Waals surface area contributed by atoms with Crippen LogP contribution in [0.1, 0.15) is 50.1 Å². The molecule has 1 heterocycles. The molecule has 0 aromatic carbocycles. The predicted octanol–water partition coefficient (Wildman–Crippen LogP) is 3.73. The molecule has 102 valence electrons. The molecule has 1 aliphatic rings. The summed E-state index contributed by atoms with van der Waals surface area (Å²) in [4.78, 5) is 12.5. The van der Waals surface area contributed by atoms with Crippen molar-refractivity contribution in [3.63, 3.8) is 0 Å². The monoisotopic (exact) mass is 276 g/mol. The van der Waals surface area contributed by atoms with Gasteiger partial charge in [-0.25, -0.2) is 0 Å². The number of nitrogens with zero attached hydrogens (tertiary/aromatic N) is 1. The summed E-state index contributed by atoms with van der Waals surface area (Å²) < 4.78 is 0. The number of nitriles is 1. The summed E-state index contributed by atoms with van der Waals surface area (Å²) in [5.41, 5.74) is 2.14. The molecule has 1 aliphatic carbocycles. The third-order valence-corrected chi connectivity index (χ3v) is 5.06. The number of hydrogen-bond acceptors (Lipinski definition) is 3. The highest BCUT2D eigenvalue weighted by atomic mass is 32.1. The predicted molar refractivity (Wildman–Crippen MR) is 78.3 cm³/mol. The van der Waals surface area contributed by atoms with Gasteiger partial charge in [0, 0.05) is 11.8 Å². The molecule has 0 radical (unpaired) electrons. The molecule has 1 aromatic heterocycles. The quantitative estimate of drug-likeness (QED) is 0.849. The third kappa shape index (κ3) is 2.82. The SMILES string of the molecule is CC(=O)Nc1sc2c(c1C#N)CCC(C(C)(C)C)C2. The van der Waals surface area contributed by atoms with E-state index in [1.54, 1.807) is 11.3 Å². The maximum absolute atomic E-state index is 11.2. The zero-order chi connectivity index (χ0) is 14.2. The highest BCUT2D eigenvalue weighted by molar-refractivity contribution is 7.16. The van der Waals surface area contributed by atoms with Crippen LogP contribution in [0.4, 0.5) is 5.00 Å². The topological polar surface area (TPSA) is 52.9 Å². The van der Waals surface area contributed by atoms with Crippen molar-refractivity contribution in [2.75, 3.05) is 5.32 Å². The summed E-state index contributed by atoms with van der Waals surface area (Å²) in [7, 11) is 0. The molecule has 1 unspecified atom stereocenters. The Balaban J connectivity index is 2.34. The number of nitrogens with one attached hydrogen (secondary N) is 1. The molecule has 0 saturated heterocycles. The third-order valence-electron chi connectivity index (χ3n) is 3.89. The molecule has 0 fully saturated rings. The smallest absolute Gasteiger partial charge is 0.221 e. The van der Waals surface area contributed by atoms with Gasteiger partial charge in [0.15, 0.2) is 0 Å². The van der Waals surface area contributed by atoms with Crippen molar-refractivity contribution in [2.45, 2.75) is 47.0 Å². The van der Waals surface area contributed by atoms with Gasteiger partial charge in [-0.3, -0.25) is 4.79 Å².